The van der Waals surface area contributed by atoms with Gasteiger partial charge in [-0.05, 0) is 60.1 Å². The zero-order valence-electron chi connectivity index (χ0n) is 24.6. The fraction of sp³-hybridized carbons (Fsp3) is 0.469. The number of anilines is 1. The van der Waals surface area contributed by atoms with Crippen LogP contribution in [0.1, 0.15) is 89.0 Å². The summed E-state index contributed by atoms with van der Waals surface area (Å²) >= 11 is 0. The number of nitrogens with one attached hydrogen (secondary N) is 1. The molecule has 1 heterocycles. The van der Waals surface area contributed by atoms with Crippen molar-refractivity contribution in [3.8, 4) is 5.69 Å². The molecule has 0 aliphatic rings. The van der Waals surface area contributed by atoms with Crippen molar-refractivity contribution in [2.45, 2.75) is 79.6 Å². The fourth-order valence-electron chi connectivity index (χ4n) is 4.11. The Morgan fingerprint density at radius 3 is 2.16 bits per heavy atom. The van der Waals surface area contributed by atoms with E-state index in [-0.39, 0.29) is 29.2 Å². The van der Waals surface area contributed by atoms with E-state index in [1.165, 1.54) is 5.56 Å². The van der Waals surface area contributed by atoms with Crippen LogP contribution in [0.2, 0.25) is 0 Å². The van der Waals surface area contributed by atoms with E-state index in [1.807, 2.05) is 61.5 Å². The molecule has 204 valence electrons. The van der Waals surface area contributed by atoms with Gasteiger partial charge in [0.1, 0.15) is 12.4 Å². The number of benzene rings is 2. The molecule has 1 N–H and O–H groups in total. The van der Waals surface area contributed by atoms with Crippen molar-refractivity contribution in [3.63, 3.8) is 0 Å². The zero-order chi connectivity index (χ0) is 28.3. The van der Waals surface area contributed by atoms with Crippen molar-refractivity contribution < 1.29 is 9.59 Å². The van der Waals surface area contributed by atoms with E-state index in [9.17, 15) is 9.59 Å². The van der Waals surface area contributed by atoms with Crippen LogP contribution in [0.3, 0.4) is 0 Å². The highest BCUT2D eigenvalue weighted by molar-refractivity contribution is 5.99. The quantitative estimate of drug-likeness (QED) is 0.354. The molecular weight excluding hydrogens is 472 g/mol. The summed E-state index contributed by atoms with van der Waals surface area (Å²) < 4.78 is 1.77. The summed E-state index contributed by atoms with van der Waals surface area (Å²) in [5.41, 5.74) is 4.44. The molecule has 0 fully saturated rings. The Hall–Kier alpha value is -3.41. The normalized spacial score (nSPS) is 12.1. The summed E-state index contributed by atoms with van der Waals surface area (Å²) in [6.45, 7) is 19.5. The van der Waals surface area contributed by atoms with Gasteiger partial charge in [0, 0.05) is 23.6 Å². The average molecular weight is 517 g/mol. The Morgan fingerprint density at radius 1 is 0.947 bits per heavy atom. The summed E-state index contributed by atoms with van der Waals surface area (Å²) in [4.78, 5) is 28.5. The van der Waals surface area contributed by atoms with E-state index in [0.717, 1.165) is 23.4 Å². The van der Waals surface area contributed by atoms with Gasteiger partial charge in [0.2, 0.25) is 5.91 Å². The van der Waals surface area contributed by atoms with E-state index >= 15 is 0 Å². The van der Waals surface area contributed by atoms with E-state index in [2.05, 4.69) is 60.7 Å². The van der Waals surface area contributed by atoms with Crippen LogP contribution >= 0.6 is 0 Å². The van der Waals surface area contributed by atoms with Crippen LogP contribution in [0.5, 0.6) is 0 Å². The molecule has 0 aliphatic carbocycles. The minimum Gasteiger partial charge on any atom is -0.329 e. The third-order valence-electron chi connectivity index (χ3n) is 6.59. The number of aryl methyl sites for hydroxylation is 1. The first-order valence-corrected chi connectivity index (χ1v) is 13.5. The summed E-state index contributed by atoms with van der Waals surface area (Å²) in [6.07, 6.45) is 0.814. The molecule has 0 spiro atoms. The van der Waals surface area contributed by atoms with Crippen LogP contribution < -0.4 is 5.32 Å². The molecule has 3 rings (SSSR count). The Kier molecular flexibility index (Phi) is 8.86. The zero-order valence-corrected chi connectivity index (χ0v) is 24.6. The lowest BCUT2D eigenvalue weighted by atomic mass is 9.86. The van der Waals surface area contributed by atoms with Crippen molar-refractivity contribution in [1.29, 1.82) is 0 Å². The molecule has 1 aromatic heterocycles. The number of rotatable bonds is 8. The van der Waals surface area contributed by atoms with Crippen molar-refractivity contribution in [2.24, 2.45) is 5.92 Å². The molecule has 6 heteroatoms. The van der Waals surface area contributed by atoms with Gasteiger partial charge in [0.15, 0.2) is 0 Å². The summed E-state index contributed by atoms with van der Waals surface area (Å²) in [7, 11) is 0. The van der Waals surface area contributed by atoms with Gasteiger partial charge in [-0.1, -0.05) is 79.7 Å². The maximum Gasteiger partial charge on any atom is 0.254 e. The van der Waals surface area contributed by atoms with Gasteiger partial charge in [-0.15, -0.1) is 0 Å². The SMILES string of the molecule is Cc1cccc(-n2nc(C(C)(C)C)cc2NC(=O)CN(CCC(C)C)C(=O)c2ccc(C(C)(C)C)cc2)c1. The minimum absolute atomic E-state index is 0.00491. The second kappa shape index (κ2) is 11.5. The molecule has 0 aliphatic heterocycles. The van der Waals surface area contributed by atoms with E-state index in [4.69, 9.17) is 5.10 Å². The maximum absolute atomic E-state index is 13.5. The molecule has 0 radical (unpaired) electrons. The smallest absolute Gasteiger partial charge is 0.254 e. The van der Waals surface area contributed by atoms with E-state index in [0.29, 0.717) is 23.8 Å². The third-order valence-corrected chi connectivity index (χ3v) is 6.59. The first-order valence-electron chi connectivity index (χ1n) is 13.5. The van der Waals surface area contributed by atoms with Crippen molar-refractivity contribution in [1.82, 2.24) is 14.7 Å². The second-order valence-corrected chi connectivity index (χ2v) is 12.7. The molecule has 2 amide bonds. The molecule has 0 saturated carbocycles. The predicted octanol–water partition coefficient (Wildman–Crippen LogP) is 6.90. The highest BCUT2D eigenvalue weighted by atomic mass is 16.2. The van der Waals surface area contributed by atoms with Gasteiger partial charge in [0.25, 0.3) is 5.91 Å². The number of nitrogens with zero attached hydrogens (tertiary/aromatic N) is 3. The Labute approximate surface area is 228 Å². The topological polar surface area (TPSA) is 67.2 Å². The number of hydrogen-bond acceptors (Lipinski definition) is 3. The summed E-state index contributed by atoms with van der Waals surface area (Å²) in [5.74, 6) is 0.622. The standard InChI is InChI=1S/C32H44N4O2/c1-22(2)17-18-35(30(38)24-13-15-25(16-14-24)31(4,5)6)21-29(37)33-28-20-27(32(7,8)9)34-36(28)26-12-10-11-23(3)19-26/h10-16,19-20,22H,17-18,21H2,1-9H3,(H,33,37). The highest BCUT2D eigenvalue weighted by Crippen LogP contribution is 2.27. The number of carbonyl (C=O) groups is 2. The first-order chi connectivity index (χ1) is 17.6. The fourth-order valence-corrected chi connectivity index (χ4v) is 4.11. The number of carbonyl (C=O) groups excluding carboxylic acids is 2. The monoisotopic (exact) mass is 516 g/mol. The number of hydrogen-bond donors (Lipinski definition) is 1. The van der Waals surface area contributed by atoms with Crippen LogP contribution in [-0.2, 0) is 15.6 Å². The van der Waals surface area contributed by atoms with Crippen molar-refractivity contribution in [3.05, 3.63) is 77.0 Å². The molecule has 2 aromatic carbocycles. The molecule has 0 atom stereocenters. The predicted molar refractivity (Wildman–Crippen MR) is 156 cm³/mol. The largest absolute Gasteiger partial charge is 0.329 e. The molecule has 0 saturated heterocycles. The van der Waals surface area contributed by atoms with Crippen LogP contribution in [0.25, 0.3) is 5.69 Å². The third kappa shape index (κ3) is 7.56. The molecule has 6 nitrogen and oxygen atoms in total. The lowest BCUT2D eigenvalue weighted by Gasteiger charge is -2.24. The second-order valence-electron chi connectivity index (χ2n) is 12.7. The first kappa shape index (κ1) is 29.2. The molecule has 3 aromatic rings. The molecule has 0 bridgehead atoms. The van der Waals surface area contributed by atoms with Gasteiger partial charge in [-0.3, -0.25) is 9.59 Å². The number of amides is 2. The minimum atomic E-state index is -0.248. The highest BCUT2D eigenvalue weighted by Gasteiger charge is 2.24. The van der Waals surface area contributed by atoms with Crippen molar-refractivity contribution in [2.75, 3.05) is 18.4 Å². The molecule has 0 unspecified atom stereocenters. The summed E-state index contributed by atoms with van der Waals surface area (Å²) in [5, 5.41) is 7.86. The lowest BCUT2D eigenvalue weighted by Crippen LogP contribution is -2.39. The number of aromatic nitrogens is 2. The van der Waals surface area contributed by atoms with Gasteiger partial charge in [-0.25, -0.2) is 4.68 Å². The molecule has 38 heavy (non-hydrogen) atoms. The lowest BCUT2D eigenvalue weighted by molar-refractivity contribution is -0.117. The average Bonchev–Trinajstić information content (AvgIpc) is 3.25. The van der Waals surface area contributed by atoms with Gasteiger partial charge < -0.3 is 10.2 Å². The Bertz CT molecular complexity index is 1260. The van der Waals surface area contributed by atoms with Crippen LogP contribution in [-0.4, -0.2) is 39.6 Å². The summed E-state index contributed by atoms with van der Waals surface area (Å²) in [6, 6.07) is 17.7. The maximum atomic E-state index is 13.5. The van der Waals surface area contributed by atoms with E-state index in [1.54, 1.807) is 9.58 Å². The molecular formula is C32H44N4O2. The van der Waals surface area contributed by atoms with Gasteiger partial charge >= 0.3 is 0 Å². The van der Waals surface area contributed by atoms with Crippen LogP contribution in [0.4, 0.5) is 5.82 Å². The Balaban J connectivity index is 1.86. The van der Waals surface area contributed by atoms with Gasteiger partial charge in [-0.2, -0.15) is 5.10 Å². The Morgan fingerprint density at radius 2 is 1.61 bits per heavy atom. The van der Waals surface area contributed by atoms with E-state index < -0.39 is 0 Å². The van der Waals surface area contributed by atoms with Crippen LogP contribution in [0.15, 0.2) is 54.6 Å². The van der Waals surface area contributed by atoms with Crippen LogP contribution in [0, 0.1) is 12.8 Å². The van der Waals surface area contributed by atoms with Crippen molar-refractivity contribution >= 4 is 17.6 Å². The van der Waals surface area contributed by atoms with Gasteiger partial charge in [0.05, 0.1) is 11.4 Å².